The summed E-state index contributed by atoms with van der Waals surface area (Å²) >= 11 is 0. The minimum absolute atomic E-state index is 0.0144. The van der Waals surface area contributed by atoms with E-state index in [4.69, 9.17) is 11.6 Å². The van der Waals surface area contributed by atoms with Gasteiger partial charge in [0, 0.05) is 23.9 Å². The Morgan fingerprint density at radius 2 is 1.90 bits per heavy atom. The summed E-state index contributed by atoms with van der Waals surface area (Å²) in [6.45, 7) is 2.35. The second-order valence-electron chi connectivity index (χ2n) is 9.84. The number of aromatic nitrogens is 3. The third kappa shape index (κ3) is 5.22. The largest absolute Gasteiger partial charge is 0.364 e. The predicted molar refractivity (Wildman–Crippen MR) is 143 cm³/mol. The molecule has 1 saturated carbocycles. The van der Waals surface area contributed by atoms with Gasteiger partial charge in [-0.05, 0) is 68.4 Å². The monoisotopic (exact) mass is 524 g/mol. The van der Waals surface area contributed by atoms with Crippen molar-refractivity contribution >= 4 is 23.5 Å². The van der Waals surface area contributed by atoms with Crippen LogP contribution in [-0.2, 0) is 4.79 Å². The number of pyridine rings is 1. The maximum atomic E-state index is 13.2. The van der Waals surface area contributed by atoms with E-state index in [1.807, 2.05) is 19.1 Å². The van der Waals surface area contributed by atoms with E-state index in [0.29, 0.717) is 42.2 Å². The van der Waals surface area contributed by atoms with Gasteiger partial charge in [0.25, 0.3) is 17.7 Å². The van der Waals surface area contributed by atoms with Gasteiger partial charge in [-0.15, -0.1) is 0 Å². The van der Waals surface area contributed by atoms with Crippen molar-refractivity contribution in [2.24, 2.45) is 11.7 Å². The summed E-state index contributed by atoms with van der Waals surface area (Å²) in [7, 11) is 0. The summed E-state index contributed by atoms with van der Waals surface area (Å²) in [5, 5.41) is 12.3. The van der Waals surface area contributed by atoms with E-state index >= 15 is 0 Å². The molecule has 3 aromatic rings. The number of nitrogens with zero attached hydrogens (tertiary/aromatic N) is 5. The lowest BCUT2D eigenvalue weighted by atomic mass is 10.1. The molecule has 1 saturated heterocycles. The minimum Gasteiger partial charge on any atom is -0.364 e. The van der Waals surface area contributed by atoms with Crippen molar-refractivity contribution in [3.05, 3.63) is 76.9 Å². The van der Waals surface area contributed by atoms with E-state index in [0.717, 1.165) is 23.1 Å². The van der Waals surface area contributed by atoms with Crippen molar-refractivity contribution in [1.82, 2.24) is 19.5 Å². The number of anilines is 1. The number of nitriles is 1. The number of nitrogens with one attached hydrogen (secondary N) is 1. The van der Waals surface area contributed by atoms with E-state index in [1.54, 1.807) is 47.5 Å². The van der Waals surface area contributed by atoms with Crippen LogP contribution in [0, 0.1) is 24.2 Å². The van der Waals surface area contributed by atoms with Crippen molar-refractivity contribution < 1.29 is 14.4 Å². The van der Waals surface area contributed by atoms with Gasteiger partial charge in [0.15, 0.2) is 11.5 Å². The zero-order valence-corrected chi connectivity index (χ0v) is 21.4. The number of allylic oxidation sites excluding steroid dienone is 1. The van der Waals surface area contributed by atoms with Gasteiger partial charge < -0.3 is 21.8 Å². The maximum Gasteiger partial charge on any atom is 0.269 e. The molecule has 39 heavy (non-hydrogen) atoms. The molecular formula is C28H28N8O3. The molecule has 198 valence electrons. The minimum atomic E-state index is -0.777. The number of carbonyl (C=O) groups is 3. The fourth-order valence-electron chi connectivity index (χ4n) is 4.78. The molecule has 0 radical (unpaired) electrons. The van der Waals surface area contributed by atoms with Gasteiger partial charge in [-0.1, -0.05) is 18.2 Å². The van der Waals surface area contributed by atoms with E-state index < -0.39 is 11.9 Å². The second kappa shape index (κ2) is 10.4. The van der Waals surface area contributed by atoms with E-state index in [1.165, 1.54) is 0 Å². The van der Waals surface area contributed by atoms with Crippen LogP contribution in [0.3, 0.4) is 0 Å². The summed E-state index contributed by atoms with van der Waals surface area (Å²) in [5.74, 6) is 5.86. The summed E-state index contributed by atoms with van der Waals surface area (Å²) < 4.78 is 1.13. The standard InChI is InChI=1S/C28H28N8O3/c1-16-10-11-32-22(13-16)33-27(38)19-8-6-18(7-9-19)23-24(25(30)37)36(31)26(34-23)21-3-2-12-35(21)28(39)20(15-29)14-17-4-5-17/h6-11,13-14,17,21H,2-5,12,31H2,1H3,(H2,30,37)(H,32,33,38). The number of hydrogen-bond acceptors (Lipinski definition) is 7. The first-order valence-corrected chi connectivity index (χ1v) is 12.7. The number of amides is 3. The SMILES string of the molecule is Cc1ccnc(NC(=O)c2ccc(-c3nc(C4CCCN4C(=O)C(C#N)=CC4CC4)n(N)c3C(N)=O)cc2)c1. The molecule has 2 fully saturated rings. The molecule has 11 nitrogen and oxygen atoms in total. The lowest BCUT2D eigenvalue weighted by Gasteiger charge is -2.24. The number of nitrogen functional groups attached to an aromatic ring is 1. The summed E-state index contributed by atoms with van der Waals surface area (Å²) in [6.07, 6.45) is 6.58. The van der Waals surface area contributed by atoms with Gasteiger partial charge >= 0.3 is 0 Å². The fraction of sp³-hybridized carbons (Fsp3) is 0.286. The van der Waals surface area contributed by atoms with Crippen LogP contribution in [-0.4, -0.2) is 43.8 Å². The van der Waals surface area contributed by atoms with Crippen LogP contribution in [0.5, 0.6) is 0 Å². The summed E-state index contributed by atoms with van der Waals surface area (Å²) in [5.41, 5.74) is 7.91. The van der Waals surface area contributed by atoms with Crippen LogP contribution in [0.1, 0.15) is 64.0 Å². The summed E-state index contributed by atoms with van der Waals surface area (Å²) in [4.78, 5) is 48.7. The number of nitrogens with two attached hydrogens (primary N) is 2. The number of likely N-dealkylation sites (tertiary alicyclic amines) is 1. The van der Waals surface area contributed by atoms with Crippen LogP contribution in [0.15, 0.2) is 54.2 Å². The van der Waals surface area contributed by atoms with Gasteiger partial charge in [0.05, 0.1) is 6.04 Å². The molecule has 3 heterocycles. The Kier molecular flexibility index (Phi) is 6.85. The molecular weight excluding hydrogens is 496 g/mol. The molecule has 1 unspecified atom stereocenters. The van der Waals surface area contributed by atoms with E-state index in [9.17, 15) is 19.6 Å². The Labute approximate surface area is 225 Å². The fourth-order valence-corrected chi connectivity index (χ4v) is 4.78. The van der Waals surface area contributed by atoms with Gasteiger partial charge in [0.2, 0.25) is 0 Å². The Bertz CT molecular complexity index is 1530. The number of carbonyl (C=O) groups excluding carboxylic acids is 3. The molecule has 0 spiro atoms. The molecule has 2 aromatic heterocycles. The van der Waals surface area contributed by atoms with Crippen molar-refractivity contribution in [2.45, 2.75) is 38.6 Å². The van der Waals surface area contributed by atoms with Gasteiger partial charge in [-0.3, -0.25) is 14.4 Å². The number of aryl methyl sites for hydroxylation is 1. The van der Waals surface area contributed by atoms with Crippen LogP contribution >= 0.6 is 0 Å². The van der Waals surface area contributed by atoms with Gasteiger partial charge in [-0.25, -0.2) is 14.6 Å². The molecule has 5 rings (SSSR count). The molecule has 5 N–H and O–H groups in total. The molecule has 0 bridgehead atoms. The second-order valence-corrected chi connectivity index (χ2v) is 9.84. The third-order valence-corrected chi connectivity index (χ3v) is 6.94. The zero-order valence-electron chi connectivity index (χ0n) is 21.4. The zero-order chi connectivity index (χ0) is 27.7. The lowest BCUT2D eigenvalue weighted by molar-refractivity contribution is -0.127. The topological polar surface area (TPSA) is 173 Å². The molecule has 1 aromatic carbocycles. The van der Waals surface area contributed by atoms with Crippen LogP contribution in [0.25, 0.3) is 11.3 Å². The summed E-state index contributed by atoms with van der Waals surface area (Å²) in [6, 6.07) is 11.6. The number of imidazole rings is 1. The highest BCUT2D eigenvalue weighted by molar-refractivity contribution is 6.04. The maximum absolute atomic E-state index is 13.2. The molecule has 2 aliphatic rings. The third-order valence-electron chi connectivity index (χ3n) is 6.94. The normalized spacial score (nSPS) is 17.1. The predicted octanol–water partition coefficient (Wildman–Crippen LogP) is 2.84. The first kappa shape index (κ1) is 25.7. The van der Waals surface area contributed by atoms with Crippen LogP contribution < -0.4 is 16.9 Å². The Balaban J connectivity index is 1.43. The van der Waals surface area contributed by atoms with Crippen molar-refractivity contribution in [2.75, 3.05) is 17.7 Å². The van der Waals surface area contributed by atoms with Gasteiger partial charge in [-0.2, -0.15) is 5.26 Å². The highest BCUT2D eigenvalue weighted by atomic mass is 16.2. The van der Waals surface area contributed by atoms with E-state index in [-0.39, 0.29) is 34.7 Å². The van der Waals surface area contributed by atoms with Crippen molar-refractivity contribution in [3.63, 3.8) is 0 Å². The van der Waals surface area contributed by atoms with Crippen LogP contribution in [0.4, 0.5) is 5.82 Å². The number of hydrogen-bond donors (Lipinski definition) is 3. The smallest absolute Gasteiger partial charge is 0.269 e. The van der Waals surface area contributed by atoms with E-state index in [2.05, 4.69) is 15.3 Å². The average molecular weight is 525 g/mol. The number of rotatable bonds is 7. The first-order valence-electron chi connectivity index (χ1n) is 12.7. The molecule has 11 heteroatoms. The number of primary amides is 1. The van der Waals surface area contributed by atoms with Crippen molar-refractivity contribution in [1.29, 1.82) is 5.26 Å². The Morgan fingerprint density at radius 3 is 2.54 bits per heavy atom. The Hall–Kier alpha value is -4.98. The lowest BCUT2D eigenvalue weighted by Crippen LogP contribution is -2.34. The molecule has 3 amide bonds. The highest BCUT2D eigenvalue weighted by Crippen LogP contribution is 2.36. The number of benzene rings is 1. The molecule has 1 aliphatic heterocycles. The Morgan fingerprint density at radius 1 is 1.15 bits per heavy atom. The quantitative estimate of drug-likeness (QED) is 0.242. The molecule has 1 atom stereocenters. The highest BCUT2D eigenvalue weighted by Gasteiger charge is 2.37. The van der Waals surface area contributed by atoms with Crippen LogP contribution in [0.2, 0.25) is 0 Å². The molecule has 1 aliphatic carbocycles. The average Bonchev–Trinajstić information content (AvgIpc) is 3.49. The van der Waals surface area contributed by atoms with Gasteiger partial charge in [0.1, 0.15) is 23.2 Å². The first-order chi connectivity index (χ1) is 18.8. The van der Waals surface area contributed by atoms with Crippen molar-refractivity contribution in [3.8, 4) is 17.3 Å².